The molecule has 28 heavy (non-hydrogen) atoms. The fourth-order valence-corrected chi connectivity index (χ4v) is 2.74. The molecule has 2 aromatic rings. The zero-order valence-corrected chi connectivity index (χ0v) is 18.2. The first-order valence-electron chi connectivity index (χ1n) is 6.93. The van der Waals surface area contributed by atoms with Crippen LogP contribution in [0.1, 0.15) is 39.3 Å². The minimum absolute atomic E-state index is 0. The van der Waals surface area contributed by atoms with Crippen LogP contribution in [0.3, 0.4) is 0 Å². The van der Waals surface area contributed by atoms with Crippen molar-refractivity contribution in [3.63, 3.8) is 0 Å². The van der Waals surface area contributed by atoms with E-state index in [-0.39, 0.29) is 45.8 Å². The molecule has 0 aliphatic carbocycles. The molecule has 0 atom stereocenters. The van der Waals surface area contributed by atoms with Gasteiger partial charge in [0.15, 0.2) is 0 Å². The van der Waals surface area contributed by atoms with Gasteiger partial charge in [-0.05, 0) is 69.0 Å². The maximum absolute atomic E-state index is 10.7. The molecule has 0 aromatic heterocycles. The summed E-state index contributed by atoms with van der Waals surface area (Å²) in [5, 5.41) is 28.0. The van der Waals surface area contributed by atoms with Gasteiger partial charge < -0.3 is 15.9 Å². The van der Waals surface area contributed by atoms with Gasteiger partial charge in [0.05, 0.1) is 20.6 Å². The van der Waals surface area contributed by atoms with Crippen LogP contribution in [0.2, 0.25) is 0 Å². The van der Waals surface area contributed by atoms with Crippen LogP contribution in [0.4, 0.5) is 11.4 Å². The number of halogens is 2. The number of aromatic carboxylic acids is 2. The Hall–Kier alpha value is -1.94. The van der Waals surface area contributed by atoms with Crippen molar-refractivity contribution in [2.75, 3.05) is 5.73 Å². The van der Waals surface area contributed by atoms with Gasteiger partial charge in [-0.25, -0.2) is 9.59 Å². The third kappa shape index (κ3) is 6.59. The fourth-order valence-electron chi connectivity index (χ4n) is 1.90. The second kappa shape index (κ2) is 11.8. The van der Waals surface area contributed by atoms with E-state index in [2.05, 4.69) is 31.9 Å². The number of nitro benzene ring substituents is 1. The maximum Gasteiger partial charge on any atom is 0.342 e. The van der Waals surface area contributed by atoms with E-state index in [1.54, 1.807) is 13.0 Å². The van der Waals surface area contributed by atoms with Gasteiger partial charge in [0.25, 0.3) is 5.69 Å². The van der Waals surface area contributed by atoms with E-state index in [0.717, 1.165) is 5.56 Å². The molecule has 0 radical (unpaired) electrons. The van der Waals surface area contributed by atoms with Crippen LogP contribution >= 0.6 is 31.9 Å². The number of carboxylic acid groups (broad SMARTS) is 2. The number of carboxylic acids is 2. The number of anilines is 1. The smallest absolute Gasteiger partial charge is 0.342 e. The summed E-state index contributed by atoms with van der Waals surface area (Å²) in [7, 11) is 0. The molecular formula is C17H18Br2FeN2O6. The summed E-state index contributed by atoms with van der Waals surface area (Å²) in [4.78, 5) is 31.2. The summed E-state index contributed by atoms with van der Waals surface area (Å²) in [6, 6.07) is 5.95. The average Bonchev–Trinajstić information content (AvgIpc) is 2.54. The molecule has 0 amide bonds. The molecule has 0 spiro atoms. The molecule has 2 aromatic carbocycles. The van der Waals surface area contributed by atoms with Gasteiger partial charge in [0, 0.05) is 21.5 Å². The van der Waals surface area contributed by atoms with Gasteiger partial charge in [-0.3, -0.25) is 10.1 Å². The Kier molecular flexibility index (Phi) is 11.9. The van der Waals surface area contributed by atoms with Crippen LogP contribution in [0, 0.1) is 24.0 Å². The number of nitrogen functional groups attached to an aromatic ring is 1. The Balaban J connectivity index is 0. The summed E-state index contributed by atoms with van der Waals surface area (Å²) in [6.45, 7) is 3.51. The van der Waals surface area contributed by atoms with E-state index in [4.69, 9.17) is 15.9 Å². The normalized spacial score (nSPS) is 9.14. The molecule has 0 saturated carbocycles. The van der Waals surface area contributed by atoms with Crippen molar-refractivity contribution in [3.8, 4) is 0 Å². The molecule has 11 heteroatoms. The van der Waals surface area contributed by atoms with E-state index in [9.17, 15) is 19.7 Å². The number of hydrogen-bond donors (Lipinski definition) is 3. The molecule has 0 bridgehead atoms. The number of nitrogens with two attached hydrogens (primary N) is 1. The average molecular weight is 562 g/mol. The summed E-state index contributed by atoms with van der Waals surface area (Å²) in [5.74, 6) is -2.31. The molecule has 0 saturated heterocycles. The number of hydrogen-bond acceptors (Lipinski definition) is 5. The maximum atomic E-state index is 10.7. The second-order valence-corrected chi connectivity index (χ2v) is 6.70. The number of rotatable bonds is 3. The van der Waals surface area contributed by atoms with Crippen molar-refractivity contribution in [1.29, 1.82) is 0 Å². The number of benzene rings is 2. The van der Waals surface area contributed by atoms with E-state index < -0.39 is 22.5 Å². The zero-order chi connectivity index (χ0) is 20.2. The molecule has 0 heterocycles. The van der Waals surface area contributed by atoms with Gasteiger partial charge in [-0.1, -0.05) is 19.6 Å². The predicted octanol–water partition coefficient (Wildman–Crippen LogP) is 5.04. The van der Waals surface area contributed by atoms with Crippen LogP contribution in [-0.2, 0) is 17.1 Å². The van der Waals surface area contributed by atoms with E-state index in [0.29, 0.717) is 10.0 Å². The van der Waals surface area contributed by atoms with Gasteiger partial charge in [0.1, 0.15) is 5.56 Å². The monoisotopic (exact) mass is 560 g/mol. The molecule has 4 N–H and O–H groups in total. The van der Waals surface area contributed by atoms with Crippen LogP contribution in [0.15, 0.2) is 33.2 Å². The molecule has 2 rings (SSSR count). The Morgan fingerprint density at radius 1 is 0.964 bits per heavy atom. The number of nitro groups is 1. The van der Waals surface area contributed by atoms with Crippen molar-refractivity contribution in [3.05, 3.63) is 65.6 Å². The van der Waals surface area contributed by atoms with Crippen molar-refractivity contribution in [2.45, 2.75) is 21.3 Å². The van der Waals surface area contributed by atoms with E-state index in [1.165, 1.54) is 18.2 Å². The minimum atomic E-state index is -1.31. The SMILES string of the molecule is C.Cc1ccc(C(=O)O)c(N)c1Br.Cc1ccc(C(=O)O)c([N+](=O)[O-])c1Br.[Fe]. The van der Waals surface area contributed by atoms with Crippen molar-refractivity contribution in [1.82, 2.24) is 0 Å². The number of carbonyl (C=O) groups is 2. The molecule has 8 nitrogen and oxygen atoms in total. The fraction of sp³-hybridized carbons (Fsp3) is 0.176. The summed E-state index contributed by atoms with van der Waals surface area (Å²) < 4.78 is 0.866. The molecule has 154 valence electrons. The van der Waals surface area contributed by atoms with E-state index in [1.807, 2.05) is 6.92 Å². The standard InChI is InChI=1S/C8H6BrNO4.C8H8BrNO2.CH4.Fe/c1-4-2-3-5(8(11)12)7(6(4)9)10(13)14;1-4-2-3-5(8(11)12)7(10)6(4)9;;/h2-3H,1H3,(H,11,12);2-3H,10H2,1H3,(H,11,12);1H4;. The predicted molar refractivity (Wildman–Crippen MR) is 109 cm³/mol. The Morgan fingerprint density at radius 3 is 1.75 bits per heavy atom. The Bertz CT molecular complexity index is 906. The third-order valence-corrected chi connectivity index (χ3v) is 5.38. The summed E-state index contributed by atoms with van der Waals surface area (Å²) >= 11 is 6.20. The van der Waals surface area contributed by atoms with Crippen molar-refractivity contribution >= 4 is 55.2 Å². The van der Waals surface area contributed by atoms with Gasteiger partial charge >= 0.3 is 11.9 Å². The largest absolute Gasteiger partial charge is 0.478 e. The number of nitrogens with zero attached hydrogens (tertiary/aromatic N) is 1. The number of aryl methyl sites for hydroxylation is 2. The molecular weight excluding hydrogens is 544 g/mol. The van der Waals surface area contributed by atoms with Gasteiger partial charge in [0.2, 0.25) is 0 Å². The van der Waals surface area contributed by atoms with Crippen LogP contribution < -0.4 is 5.73 Å². The molecule has 0 unspecified atom stereocenters. The third-order valence-electron chi connectivity index (χ3n) is 3.33. The first-order chi connectivity index (χ1) is 12.0. The summed E-state index contributed by atoms with van der Waals surface area (Å²) in [6.07, 6.45) is 0. The van der Waals surface area contributed by atoms with Crippen LogP contribution in [0.25, 0.3) is 0 Å². The van der Waals surface area contributed by atoms with Gasteiger partial charge in [-0.2, -0.15) is 0 Å². The molecule has 0 aliphatic heterocycles. The quantitative estimate of drug-likeness (QED) is 0.206. The van der Waals surface area contributed by atoms with E-state index >= 15 is 0 Å². The topological polar surface area (TPSA) is 144 Å². The van der Waals surface area contributed by atoms with Crippen molar-refractivity contribution in [2.24, 2.45) is 0 Å². The van der Waals surface area contributed by atoms with Crippen LogP contribution in [-0.4, -0.2) is 27.1 Å². The minimum Gasteiger partial charge on any atom is -0.478 e. The Labute approximate surface area is 189 Å². The van der Waals surface area contributed by atoms with Crippen molar-refractivity contribution < 1.29 is 41.8 Å². The Morgan fingerprint density at radius 2 is 1.36 bits per heavy atom. The first kappa shape index (κ1) is 28.3. The van der Waals surface area contributed by atoms with Crippen LogP contribution in [0.5, 0.6) is 0 Å². The summed E-state index contributed by atoms with van der Waals surface area (Å²) in [5.41, 5.74) is 6.81. The van der Waals surface area contributed by atoms with Gasteiger partial charge in [-0.15, -0.1) is 0 Å². The molecule has 0 aliphatic rings. The molecule has 0 fully saturated rings. The zero-order valence-electron chi connectivity index (χ0n) is 14.0. The first-order valence-corrected chi connectivity index (χ1v) is 8.52. The second-order valence-electron chi connectivity index (χ2n) is 5.12.